The van der Waals surface area contributed by atoms with Crippen LogP contribution in [0, 0.1) is 0 Å². The summed E-state index contributed by atoms with van der Waals surface area (Å²) in [6.45, 7) is 6.10. The van der Waals surface area contributed by atoms with E-state index in [0.29, 0.717) is 5.69 Å². The Balaban J connectivity index is 1.88. The Kier molecular flexibility index (Phi) is 8.14. The van der Waals surface area contributed by atoms with Crippen molar-refractivity contribution in [1.82, 2.24) is 19.3 Å². The zero-order chi connectivity index (χ0) is 29.1. The SMILES string of the molecule is CCOC(=O)C(F)(F)C(OC(=S)Oc1ccccc1)c1cn(C(=O)OC(C)(C)C)c2ccc(-n3cnnc3)cc12. The van der Waals surface area contributed by atoms with Crippen LogP contribution in [0.4, 0.5) is 13.6 Å². The number of hydrogen-bond acceptors (Lipinski definition) is 9. The third-order valence-corrected chi connectivity index (χ3v) is 5.62. The van der Waals surface area contributed by atoms with Crippen LogP contribution in [0.3, 0.4) is 0 Å². The maximum atomic E-state index is 15.8. The van der Waals surface area contributed by atoms with Crippen molar-refractivity contribution in [2.45, 2.75) is 45.3 Å². The Morgan fingerprint density at radius 1 is 1.05 bits per heavy atom. The molecule has 2 aromatic carbocycles. The van der Waals surface area contributed by atoms with Gasteiger partial charge in [0, 0.05) is 35.1 Å². The lowest BCUT2D eigenvalue weighted by Crippen LogP contribution is -2.40. The molecular weight excluding hydrogens is 546 g/mol. The number of carbonyl (C=O) groups excluding carboxylic acids is 2. The number of nitrogens with zero attached hydrogens (tertiary/aromatic N) is 4. The van der Waals surface area contributed by atoms with Crippen LogP contribution in [-0.2, 0) is 19.0 Å². The minimum absolute atomic E-state index is 0.147. The first kappa shape index (κ1) is 28.6. The second-order valence-electron chi connectivity index (χ2n) is 9.51. The van der Waals surface area contributed by atoms with Crippen LogP contribution in [0.25, 0.3) is 16.6 Å². The normalized spacial score (nSPS) is 12.6. The highest BCUT2D eigenvalue weighted by Crippen LogP contribution is 2.41. The molecule has 0 aliphatic carbocycles. The molecule has 0 bridgehead atoms. The van der Waals surface area contributed by atoms with Crippen molar-refractivity contribution >= 4 is 40.4 Å². The van der Waals surface area contributed by atoms with E-state index in [1.54, 1.807) is 57.2 Å². The number of rotatable bonds is 7. The first-order valence-electron chi connectivity index (χ1n) is 12.1. The fraction of sp³-hybridized carbons (Fsp3) is 0.296. The standard InChI is InChI=1S/C27H26F2N4O6S/c1-5-36-23(34)27(28,29)22(38-25(40)37-18-9-7-6-8-10-18)20-14-33(24(35)39-26(2,3)4)21-12-11-17(13-19(20)21)32-15-30-31-16-32/h6-16,22H,5H2,1-4H3. The molecule has 0 N–H and O–H groups in total. The predicted molar refractivity (Wildman–Crippen MR) is 144 cm³/mol. The van der Waals surface area contributed by atoms with Crippen LogP contribution in [0.15, 0.2) is 67.4 Å². The predicted octanol–water partition coefficient (Wildman–Crippen LogP) is 5.63. The van der Waals surface area contributed by atoms with Crippen LogP contribution in [-0.4, -0.2) is 54.8 Å². The minimum Gasteiger partial charge on any atom is -0.461 e. The molecule has 2 aromatic heterocycles. The molecule has 210 valence electrons. The summed E-state index contributed by atoms with van der Waals surface area (Å²) in [5.41, 5.74) is -0.425. The van der Waals surface area contributed by atoms with Gasteiger partial charge in [0.2, 0.25) is 6.10 Å². The number of hydrogen-bond donors (Lipinski definition) is 0. The Morgan fingerprint density at radius 2 is 1.73 bits per heavy atom. The molecule has 2 heterocycles. The van der Waals surface area contributed by atoms with Crippen LogP contribution in [0.1, 0.15) is 39.4 Å². The fourth-order valence-corrected chi connectivity index (χ4v) is 3.97. The lowest BCUT2D eigenvalue weighted by Gasteiger charge is -2.25. The number of esters is 1. The van der Waals surface area contributed by atoms with Gasteiger partial charge in [0.1, 0.15) is 24.0 Å². The first-order chi connectivity index (χ1) is 18.9. The number of carbonyl (C=O) groups is 2. The molecule has 4 rings (SSSR count). The number of para-hydroxylation sites is 1. The Morgan fingerprint density at radius 3 is 2.35 bits per heavy atom. The summed E-state index contributed by atoms with van der Waals surface area (Å²) < 4.78 is 55.2. The van der Waals surface area contributed by atoms with Gasteiger partial charge >= 0.3 is 23.2 Å². The van der Waals surface area contributed by atoms with E-state index in [2.05, 4.69) is 14.9 Å². The van der Waals surface area contributed by atoms with Crippen molar-refractivity contribution < 1.29 is 37.3 Å². The highest BCUT2D eigenvalue weighted by atomic mass is 32.1. The summed E-state index contributed by atoms with van der Waals surface area (Å²) in [4.78, 5) is 25.6. The van der Waals surface area contributed by atoms with E-state index in [1.165, 1.54) is 36.3 Å². The average molecular weight is 573 g/mol. The van der Waals surface area contributed by atoms with Gasteiger partial charge in [-0.15, -0.1) is 10.2 Å². The average Bonchev–Trinajstić information content (AvgIpc) is 3.55. The van der Waals surface area contributed by atoms with E-state index < -0.39 is 34.9 Å². The number of ether oxygens (including phenoxy) is 4. The number of aromatic nitrogens is 4. The van der Waals surface area contributed by atoms with Gasteiger partial charge in [-0.05, 0) is 58.0 Å². The molecule has 4 aromatic rings. The van der Waals surface area contributed by atoms with Crippen LogP contribution in [0.5, 0.6) is 5.75 Å². The van der Waals surface area contributed by atoms with Crippen molar-refractivity contribution in [1.29, 1.82) is 0 Å². The third-order valence-electron chi connectivity index (χ3n) is 5.44. The summed E-state index contributed by atoms with van der Waals surface area (Å²) in [5, 5.41) is 7.01. The van der Waals surface area contributed by atoms with E-state index in [0.717, 1.165) is 10.8 Å². The van der Waals surface area contributed by atoms with E-state index >= 15 is 8.78 Å². The molecule has 1 unspecified atom stereocenters. The van der Waals surface area contributed by atoms with Gasteiger partial charge in [0.15, 0.2) is 0 Å². The van der Waals surface area contributed by atoms with Gasteiger partial charge in [-0.3, -0.25) is 9.13 Å². The highest BCUT2D eigenvalue weighted by Gasteiger charge is 2.53. The monoisotopic (exact) mass is 572 g/mol. The van der Waals surface area contributed by atoms with E-state index in [-0.39, 0.29) is 28.8 Å². The van der Waals surface area contributed by atoms with Crippen LogP contribution in [0.2, 0.25) is 0 Å². The summed E-state index contributed by atoms with van der Waals surface area (Å²) >= 11 is 5.13. The molecule has 13 heteroatoms. The molecule has 40 heavy (non-hydrogen) atoms. The highest BCUT2D eigenvalue weighted by molar-refractivity contribution is 7.79. The second kappa shape index (κ2) is 11.4. The Bertz CT molecular complexity index is 1520. The molecule has 0 radical (unpaired) electrons. The van der Waals surface area contributed by atoms with E-state index in [1.807, 2.05) is 0 Å². The van der Waals surface area contributed by atoms with Gasteiger partial charge in [0.05, 0.1) is 12.1 Å². The molecule has 0 fully saturated rings. The van der Waals surface area contributed by atoms with Crippen molar-refractivity contribution in [3.8, 4) is 11.4 Å². The van der Waals surface area contributed by atoms with Crippen molar-refractivity contribution in [3.05, 3.63) is 72.9 Å². The maximum absolute atomic E-state index is 15.8. The minimum atomic E-state index is -4.25. The molecule has 0 amide bonds. The molecule has 1 atom stereocenters. The van der Waals surface area contributed by atoms with Gasteiger partial charge in [0.25, 0.3) is 0 Å². The summed E-state index contributed by atoms with van der Waals surface area (Å²) in [5.74, 6) is -5.85. The second-order valence-corrected chi connectivity index (χ2v) is 9.85. The van der Waals surface area contributed by atoms with Crippen LogP contribution >= 0.6 is 12.2 Å². The van der Waals surface area contributed by atoms with Crippen LogP contribution < -0.4 is 4.74 Å². The fourth-order valence-electron chi connectivity index (χ4n) is 3.78. The molecule has 0 aliphatic rings. The molecular formula is C27H26F2N4O6S. The number of thiocarbonyl (C=S) groups is 1. The summed E-state index contributed by atoms with van der Waals surface area (Å²) in [6.07, 6.45) is 0.774. The molecule has 10 nitrogen and oxygen atoms in total. The number of fused-ring (bicyclic) bond motifs is 1. The van der Waals surface area contributed by atoms with Gasteiger partial charge < -0.3 is 18.9 Å². The summed E-state index contributed by atoms with van der Waals surface area (Å²) in [7, 11) is 0. The largest absolute Gasteiger partial charge is 0.461 e. The van der Waals surface area contributed by atoms with Crippen molar-refractivity contribution in [2.24, 2.45) is 0 Å². The zero-order valence-corrected chi connectivity index (χ0v) is 22.9. The van der Waals surface area contributed by atoms with E-state index in [4.69, 9.17) is 26.4 Å². The third kappa shape index (κ3) is 6.25. The van der Waals surface area contributed by atoms with Gasteiger partial charge in [-0.2, -0.15) is 8.78 Å². The maximum Gasteiger partial charge on any atom is 0.419 e. The zero-order valence-electron chi connectivity index (χ0n) is 22.0. The first-order valence-corrected chi connectivity index (χ1v) is 12.5. The Labute approximate surface area is 233 Å². The number of alkyl halides is 2. The molecule has 0 aliphatic heterocycles. The van der Waals surface area contributed by atoms with Gasteiger partial charge in [-0.25, -0.2) is 9.59 Å². The van der Waals surface area contributed by atoms with Crippen molar-refractivity contribution in [2.75, 3.05) is 6.61 Å². The number of benzene rings is 2. The number of halogens is 2. The topological polar surface area (TPSA) is 107 Å². The smallest absolute Gasteiger partial charge is 0.419 e. The summed E-state index contributed by atoms with van der Waals surface area (Å²) in [6, 6.07) is 12.8. The molecule has 0 saturated heterocycles. The Hall–Kier alpha value is -4.39. The molecule has 0 spiro atoms. The quantitative estimate of drug-likeness (QED) is 0.206. The lowest BCUT2D eigenvalue weighted by molar-refractivity contribution is -0.188. The lowest BCUT2D eigenvalue weighted by atomic mass is 10.0. The van der Waals surface area contributed by atoms with Crippen molar-refractivity contribution in [3.63, 3.8) is 0 Å². The molecule has 0 saturated carbocycles. The van der Waals surface area contributed by atoms with Gasteiger partial charge in [-0.1, -0.05) is 18.2 Å². The van der Waals surface area contributed by atoms with E-state index in [9.17, 15) is 9.59 Å².